The molecule has 0 bridgehead atoms. The van der Waals surface area contributed by atoms with Crippen molar-refractivity contribution in [3.63, 3.8) is 0 Å². The maximum atomic E-state index is 11.7. The van der Waals surface area contributed by atoms with Gasteiger partial charge in [0.2, 0.25) is 5.91 Å². The number of halogens is 1. The molecule has 94 valence electrons. The second-order valence-electron chi connectivity index (χ2n) is 3.51. The van der Waals surface area contributed by atoms with Crippen LogP contribution in [0, 0.1) is 0 Å². The predicted octanol–water partition coefficient (Wildman–Crippen LogP) is 2.15. The minimum absolute atomic E-state index is 0.00947. The summed E-state index contributed by atoms with van der Waals surface area (Å²) in [6, 6.07) is -0.152. The molecule has 0 N–H and O–H groups in total. The molecule has 0 unspecified atom stereocenters. The first-order valence-corrected chi connectivity index (χ1v) is 6.18. The van der Waals surface area contributed by atoms with Gasteiger partial charge >= 0.3 is 5.97 Å². The fourth-order valence-corrected chi connectivity index (χ4v) is 1.52. The number of amides is 1. The fourth-order valence-electron chi connectivity index (χ4n) is 1.40. The second kappa shape index (κ2) is 9.46. The maximum Gasteiger partial charge on any atom is 0.307 e. The van der Waals surface area contributed by atoms with Gasteiger partial charge in [0.25, 0.3) is 0 Å². The molecule has 4 nitrogen and oxygen atoms in total. The number of carbonyl (C=O) groups is 2. The summed E-state index contributed by atoms with van der Waals surface area (Å²) in [4.78, 5) is 24.5. The molecule has 0 aliphatic rings. The Labute approximate surface area is 102 Å². The minimum Gasteiger partial charge on any atom is -0.449 e. The average molecular weight is 250 g/mol. The van der Waals surface area contributed by atoms with E-state index in [1.165, 1.54) is 0 Å². The molecule has 0 spiro atoms. The van der Waals surface area contributed by atoms with E-state index in [9.17, 15) is 9.59 Å². The maximum absolute atomic E-state index is 11.7. The van der Waals surface area contributed by atoms with E-state index >= 15 is 0 Å². The second-order valence-corrected chi connectivity index (χ2v) is 3.72. The molecule has 0 saturated heterocycles. The average Bonchev–Trinajstić information content (AvgIpc) is 2.26. The Balaban J connectivity index is 3.94. The molecule has 0 heterocycles. The molecule has 0 aromatic carbocycles. The zero-order valence-corrected chi connectivity index (χ0v) is 10.8. The number of carbonyl (C=O) groups excluding carboxylic acids is 2. The zero-order chi connectivity index (χ0) is 12.4. The van der Waals surface area contributed by atoms with Gasteiger partial charge in [0, 0.05) is 19.5 Å². The van der Waals surface area contributed by atoms with Gasteiger partial charge in [-0.3, -0.25) is 9.59 Å². The summed E-state index contributed by atoms with van der Waals surface area (Å²) in [6.45, 7) is 5.55. The fraction of sp³-hybridized carbons (Fsp3) is 0.818. The van der Waals surface area contributed by atoms with Crippen molar-refractivity contribution < 1.29 is 14.3 Å². The van der Waals surface area contributed by atoms with Gasteiger partial charge in [-0.2, -0.15) is 0 Å². The van der Waals surface area contributed by atoms with Crippen LogP contribution in [0.3, 0.4) is 0 Å². The summed E-state index contributed by atoms with van der Waals surface area (Å²) in [6.07, 6.45) is 2.17. The third kappa shape index (κ3) is 6.67. The highest BCUT2D eigenvalue weighted by molar-refractivity contribution is 6.17. The van der Waals surface area contributed by atoms with E-state index in [2.05, 4.69) is 4.74 Å². The molecule has 0 radical (unpaired) electrons. The molecule has 1 amide bonds. The van der Waals surface area contributed by atoms with E-state index in [-0.39, 0.29) is 24.8 Å². The molecular formula is C11H20ClNO3. The van der Waals surface area contributed by atoms with Crippen molar-refractivity contribution in [2.75, 3.05) is 19.2 Å². The summed E-state index contributed by atoms with van der Waals surface area (Å²) in [7, 11) is 0. The largest absolute Gasteiger partial charge is 0.449 e. The normalized spacial score (nSPS) is 9.94. The van der Waals surface area contributed by atoms with Crippen LogP contribution in [0.5, 0.6) is 0 Å². The molecule has 0 rings (SSSR count). The lowest BCUT2D eigenvalue weighted by molar-refractivity contribution is -0.144. The van der Waals surface area contributed by atoms with Crippen molar-refractivity contribution in [2.24, 2.45) is 0 Å². The molecule has 0 aromatic rings. The molecule has 0 aromatic heterocycles. The molecule has 0 atom stereocenters. The van der Waals surface area contributed by atoms with Gasteiger partial charge in [-0.05, 0) is 12.8 Å². The Morgan fingerprint density at radius 1 is 1.12 bits per heavy atom. The van der Waals surface area contributed by atoms with Crippen LogP contribution in [0.2, 0.25) is 0 Å². The SMILES string of the molecule is CCCN(CCC)C(=O)CCC(=O)OCCl. The Bertz CT molecular complexity index is 215. The quantitative estimate of drug-likeness (QED) is 0.489. The standard InChI is InChI=1S/C11H20ClNO3/c1-3-7-13(8-4-2)10(14)5-6-11(15)16-9-12/h3-9H2,1-2H3. The first-order chi connectivity index (χ1) is 7.65. The predicted molar refractivity (Wildman–Crippen MR) is 63.2 cm³/mol. The summed E-state index contributed by atoms with van der Waals surface area (Å²) in [5.74, 6) is -0.411. The van der Waals surface area contributed by atoms with Crippen molar-refractivity contribution in [3.05, 3.63) is 0 Å². The van der Waals surface area contributed by atoms with Crippen LogP contribution in [-0.4, -0.2) is 35.9 Å². The van der Waals surface area contributed by atoms with E-state index in [4.69, 9.17) is 11.6 Å². The Morgan fingerprint density at radius 2 is 1.69 bits per heavy atom. The third-order valence-corrected chi connectivity index (χ3v) is 2.21. The topological polar surface area (TPSA) is 46.6 Å². The third-order valence-electron chi connectivity index (χ3n) is 2.10. The lowest BCUT2D eigenvalue weighted by Crippen LogP contribution is -2.32. The molecule has 16 heavy (non-hydrogen) atoms. The van der Waals surface area contributed by atoms with E-state index in [1.807, 2.05) is 13.8 Å². The van der Waals surface area contributed by atoms with E-state index in [0.29, 0.717) is 0 Å². The highest BCUT2D eigenvalue weighted by atomic mass is 35.5. The molecule has 0 fully saturated rings. The van der Waals surface area contributed by atoms with Crippen LogP contribution < -0.4 is 0 Å². The van der Waals surface area contributed by atoms with E-state index < -0.39 is 5.97 Å². The summed E-state index contributed by atoms with van der Waals surface area (Å²) >= 11 is 5.24. The van der Waals surface area contributed by atoms with Crippen molar-refractivity contribution in [1.82, 2.24) is 4.90 Å². The van der Waals surface area contributed by atoms with E-state index in [0.717, 1.165) is 25.9 Å². The van der Waals surface area contributed by atoms with Crippen LogP contribution in [0.25, 0.3) is 0 Å². The highest BCUT2D eigenvalue weighted by Crippen LogP contribution is 2.02. The van der Waals surface area contributed by atoms with Crippen molar-refractivity contribution in [1.29, 1.82) is 0 Å². The molecule has 0 saturated carbocycles. The van der Waals surface area contributed by atoms with Crippen LogP contribution in [0.15, 0.2) is 0 Å². The number of hydrogen-bond acceptors (Lipinski definition) is 3. The van der Waals surface area contributed by atoms with Crippen LogP contribution >= 0.6 is 11.6 Å². The molecule has 0 aliphatic carbocycles. The number of rotatable bonds is 8. The number of esters is 1. The van der Waals surface area contributed by atoms with Gasteiger partial charge in [-0.15, -0.1) is 0 Å². The Morgan fingerprint density at radius 3 is 2.12 bits per heavy atom. The van der Waals surface area contributed by atoms with Crippen molar-refractivity contribution in [2.45, 2.75) is 39.5 Å². The number of hydrogen-bond donors (Lipinski definition) is 0. The molecule has 0 aliphatic heterocycles. The van der Waals surface area contributed by atoms with Gasteiger partial charge in [0.1, 0.15) is 0 Å². The summed E-state index contributed by atoms with van der Waals surface area (Å²) in [5.41, 5.74) is 0. The number of nitrogens with zero attached hydrogens (tertiary/aromatic N) is 1. The Kier molecular flexibility index (Phi) is 9.00. The van der Waals surface area contributed by atoms with Crippen LogP contribution in [-0.2, 0) is 14.3 Å². The first kappa shape index (κ1) is 15.2. The lowest BCUT2D eigenvalue weighted by atomic mass is 10.2. The van der Waals surface area contributed by atoms with Crippen molar-refractivity contribution >= 4 is 23.5 Å². The first-order valence-electron chi connectivity index (χ1n) is 5.65. The van der Waals surface area contributed by atoms with Gasteiger partial charge in [0.15, 0.2) is 6.07 Å². The number of ether oxygens (including phenoxy) is 1. The van der Waals surface area contributed by atoms with Gasteiger partial charge < -0.3 is 9.64 Å². The molecular weight excluding hydrogens is 230 g/mol. The summed E-state index contributed by atoms with van der Waals surface area (Å²) < 4.78 is 4.55. The van der Waals surface area contributed by atoms with Crippen LogP contribution in [0.4, 0.5) is 0 Å². The smallest absolute Gasteiger partial charge is 0.307 e. The Hall–Kier alpha value is -0.770. The van der Waals surface area contributed by atoms with Gasteiger partial charge in [-0.1, -0.05) is 25.4 Å². The summed E-state index contributed by atoms with van der Waals surface area (Å²) in [5, 5.41) is 0. The van der Waals surface area contributed by atoms with Gasteiger partial charge in [-0.25, -0.2) is 0 Å². The zero-order valence-electron chi connectivity index (χ0n) is 10.00. The van der Waals surface area contributed by atoms with Crippen LogP contribution in [0.1, 0.15) is 39.5 Å². The monoisotopic (exact) mass is 249 g/mol. The minimum atomic E-state index is -0.420. The molecule has 5 heteroatoms. The lowest BCUT2D eigenvalue weighted by Gasteiger charge is -2.21. The van der Waals surface area contributed by atoms with Gasteiger partial charge in [0.05, 0.1) is 6.42 Å². The van der Waals surface area contributed by atoms with Crippen molar-refractivity contribution in [3.8, 4) is 0 Å². The highest BCUT2D eigenvalue weighted by Gasteiger charge is 2.13. The number of alkyl halides is 1. The van der Waals surface area contributed by atoms with E-state index in [1.54, 1.807) is 4.90 Å².